The predicted molar refractivity (Wildman–Crippen MR) is 71.9 cm³/mol. The molecule has 2 rings (SSSR count). The first-order chi connectivity index (χ1) is 9.10. The average Bonchev–Trinajstić information content (AvgIpc) is 2.38. The zero-order valence-electron chi connectivity index (χ0n) is 10.4. The summed E-state index contributed by atoms with van der Waals surface area (Å²) < 4.78 is 0. The summed E-state index contributed by atoms with van der Waals surface area (Å²) in [7, 11) is 0. The van der Waals surface area contributed by atoms with E-state index in [-0.39, 0.29) is 11.5 Å². The van der Waals surface area contributed by atoms with Gasteiger partial charge in [0.25, 0.3) is 5.91 Å². The molecule has 0 aliphatic heterocycles. The molecule has 0 fully saturated rings. The Morgan fingerprint density at radius 1 is 1.37 bits per heavy atom. The number of amides is 1. The molecule has 0 aromatic carbocycles. The van der Waals surface area contributed by atoms with Crippen LogP contribution in [0, 0.1) is 0 Å². The Balaban J connectivity index is 2.36. The Bertz CT molecular complexity index is 613. The summed E-state index contributed by atoms with van der Waals surface area (Å²) >= 11 is 0. The molecule has 7 nitrogen and oxygen atoms in total. The number of hydrogen-bond donors (Lipinski definition) is 3. The highest BCUT2D eigenvalue weighted by Gasteiger charge is 2.12. The third-order valence-electron chi connectivity index (χ3n) is 2.48. The average molecular weight is 258 g/mol. The molecule has 5 N–H and O–H groups in total. The van der Waals surface area contributed by atoms with E-state index in [2.05, 4.69) is 20.5 Å². The molecule has 0 spiro atoms. The van der Waals surface area contributed by atoms with Crippen LogP contribution in [0.3, 0.4) is 0 Å². The summed E-state index contributed by atoms with van der Waals surface area (Å²) in [6.45, 7) is 2.01. The lowest BCUT2D eigenvalue weighted by Gasteiger charge is -2.09. The first-order valence-corrected chi connectivity index (χ1v) is 5.76. The fourth-order valence-corrected chi connectivity index (χ4v) is 1.57. The van der Waals surface area contributed by atoms with Gasteiger partial charge in [0.05, 0.1) is 5.69 Å². The maximum atomic E-state index is 11.3. The second-order valence-corrected chi connectivity index (χ2v) is 3.89. The first-order valence-electron chi connectivity index (χ1n) is 5.76. The summed E-state index contributed by atoms with van der Waals surface area (Å²) in [6.07, 6.45) is 0.814. The SMILES string of the molecule is CCc1cccc(Nc2cc(N)nnc2C(N)=O)n1. The van der Waals surface area contributed by atoms with E-state index in [0.29, 0.717) is 11.5 Å². The molecule has 0 radical (unpaired) electrons. The number of hydrogen-bond acceptors (Lipinski definition) is 6. The van der Waals surface area contributed by atoms with Crippen molar-refractivity contribution < 1.29 is 4.79 Å². The molecule has 0 saturated carbocycles. The van der Waals surface area contributed by atoms with Crippen LogP contribution in [0.5, 0.6) is 0 Å². The Kier molecular flexibility index (Phi) is 3.56. The number of pyridine rings is 1. The van der Waals surface area contributed by atoms with Gasteiger partial charge in [-0.2, -0.15) is 0 Å². The van der Waals surface area contributed by atoms with Gasteiger partial charge in [-0.1, -0.05) is 13.0 Å². The molecular formula is C12H14N6O. The van der Waals surface area contributed by atoms with Crippen LogP contribution < -0.4 is 16.8 Å². The minimum Gasteiger partial charge on any atom is -0.382 e. The maximum absolute atomic E-state index is 11.3. The van der Waals surface area contributed by atoms with E-state index < -0.39 is 5.91 Å². The van der Waals surface area contributed by atoms with Crippen molar-refractivity contribution in [1.29, 1.82) is 0 Å². The van der Waals surface area contributed by atoms with Gasteiger partial charge in [0.1, 0.15) is 11.6 Å². The number of nitrogen functional groups attached to an aromatic ring is 1. The van der Waals surface area contributed by atoms with Crippen molar-refractivity contribution in [3.05, 3.63) is 35.7 Å². The molecular weight excluding hydrogens is 244 g/mol. The number of aromatic nitrogens is 3. The molecule has 2 aromatic rings. The van der Waals surface area contributed by atoms with E-state index in [1.807, 2.05) is 19.1 Å². The van der Waals surface area contributed by atoms with Crippen LogP contribution in [-0.2, 0) is 6.42 Å². The molecule has 0 unspecified atom stereocenters. The van der Waals surface area contributed by atoms with Gasteiger partial charge < -0.3 is 16.8 Å². The van der Waals surface area contributed by atoms with Crippen LogP contribution in [0.25, 0.3) is 0 Å². The van der Waals surface area contributed by atoms with Gasteiger partial charge in [-0.25, -0.2) is 4.98 Å². The third-order valence-corrected chi connectivity index (χ3v) is 2.48. The Hall–Kier alpha value is -2.70. The molecule has 19 heavy (non-hydrogen) atoms. The van der Waals surface area contributed by atoms with E-state index in [9.17, 15) is 4.79 Å². The smallest absolute Gasteiger partial charge is 0.271 e. The molecule has 0 aliphatic rings. The lowest BCUT2D eigenvalue weighted by molar-refractivity contribution is 0.0995. The molecule has 2 aromatic heterocycles. The number of nitrogens with two attached hydrogens (primary N) is 2. The van der Waals surface area contributed by atoms with Crippen molar-refractivity contribution in [2.45, 2.75) is 13.3 Å². The zero-order valence-corrected chi connectivity index (χ0v) is 10.4. The lowest BCUT2D eigenvalue weighted by Crippen LogP contribution is -2.17. The van der Waals surface area contributed by atoms with Gasteiger partial charge in [0, 0.05) is 11.8 Å². The van der Waals surface area contributed by atoms with E-state index in [1.54, 1.807) is 6.07 Å². The molecule has 7 heteroatoms. The minimum atomic E-state index is -0.679. The van der Waals surface area contributed by atoms with Crippen LogP contribution in [0.4, 0.5) is 17.3 Å². The molecule has 2 heterocycles. The Morgan fingerprint density at radius 2 is 2.16 bits per heavy atom. The number of primary amides is 1. The van der Waals surface area contributed by atoms with Crippen LogP contribution in [0.1, 0.15) is 23.1 Å². The number of anilines is 3. The normalized spacial score (nSPS) is 10.2. The third kappa shape index (κ3) is 2.95. The monoisotopic (exact) mass is 258 g/mol. The zero-order chi connectivity index (χ0) is 13.8. The van der Waals surface area contributed by atoms with Crippen molar-refractivity contribution in [3.63, 3.8) is 0 Å². The number of aryl methyl sites for hydroxylation is 1. The van der Waals surface area contributed by atoms with Gasteiger partial charge in [-0.15, -0.1) is 10.2 Å². The lowest BCUT2D eigenvalue weighted by atomic mass is 10.2. The molecule has 0 bridgehead atoms. The topological polar surface area (TPSA) is 120 Å². The van der Waals surface area contributed by atoms with Crippen molar-refractivity contribution in [3.8, 4) is 0 Å². The number of carbonyl (C=O) groups excluding carboxylic acids is 1. The van der Waals surface area contributed by atoms with Crippen molar-refractivity contribution >= 4 is 23.2 Å². The van der Waals surface area contributed by atoms with Crippen LogP contribution >= 0.6 is 0 Å². The fourth-order valence-electron chi connectivity index (χ4n) is 1.57. The van der Waals surface area contributed by atoms with Crippen LogP contribution in [-0.4, -0.2) is 21.1 Å². The van der Waals surface area contributed by atoms with E-state index >= 15 is 0 Å². The molecule has 0 aliphatic carbocycles. The van der Waals surface area contributed by atoms with Crippen molar-refractivity contribution in [1.82, 2.24) is 15.2 Å². The number of nitrogens with one attached hydrogen (secondary N) is 1. The summed E-state index contributed by atoms with van der Waals surface area (Å²) in [5.74, 6) is 0.107. The quantitative estimate of drug-likeness (QED) is 0.748. The molecule has 98 valence electrons. The fraction of sp³-hybridized carbons (Fsp3) is 0.167. The minimum absolute atomic E-state index is 0.0258. The van der Waals surface area contributed by atoms with Crippen molar-refractivity contribution in [2.24, 2.45) is 5.73 Å². The van der Waals surface area contributed by atoms with E-state index in [1.165, 1.54) is 6.07 Å². The maximum Gasteiger partial charge on any atom is 0.271 e. The van der Waals surface area contributed by atoms with Crippen LogP contribution in [0.2, 0.25) is 0 Å². The Morgan fingerprint density at radius 3 is 2.84 bits per heavy atom. The highest BCUT2D eigenvalue weighted by Crippen LogP contribution is 2.19. The Labute approximate surface area is 110 Å². The van der Waals surface area contributed by atoms with Gasteiger partial charge in [-0.05, 0) is 18.6 Å². The van der Waals surface area contributed by atoms with Gasteiger partial charge in [-0.3, -0.25) is 4.79 Å². The first kappa shape index (κ1) is 12.7. The van der Waals surface area contributed by atoms with E-state index in [4.69, 9.17) is 11.5 Å². The summed E-state index contributed by atoms with van der Waals surface area (Å²) in [4.78, 5) is 15.6. The second-order valence-electron chi connectivity index (χ2n) is 3.89. The van der Waals surface area contributed by atoms with Gasteiger partial charge >= 0.3 is 0 Å². The predicted octanol–water partition coefficient (Wildman–Crippen LogP) is 0.859. The van der Waals surface area contributed by atoms with Gasteiger partial charge in [0.15, 0.2) is 5.69 Å². The van der Waals surface area contributed by atoms with Gasteiger partial charge in [0.2, 0.25) is 0 Å². The second kappa shape index (κ2) is 5.30. The van der Waals surface area contributed by atoms with Crippen molar-refractivity contribution in [2.75, 3.05) is 11.1 Å². The molecule has 0 atom stereocenters. The number of carbonyl (C=O) groups is 1. The standard InChI is InChI=1S/C12H14N6O/c1-2-7-4-3-5-10(15-7)16-8-6-9(13)17-18-11(8)12(14)19/h3-6H,2H2,1H3,(H2,14,19)(H3,13,15,16,17). The number of nitrogens with zero attached hydrogens (tertiary/aromatic N) is 3. The highest BCUT2D eigenvalue weighted by atomic mass is 16.1. The number of rotatable bonds is 4. The highest BCUT2D eigenvalue weighted by molar-refractivity contribution is 5.97. The molecule has 1 amide bonds. The largest absolute Gasteiger partial charge is 0.382 e. The summed E-state index contributed by atoms with van der Waals surface area (Å²) in [5, 5.41) is 10.3. The van der Waals surface area contributed by atoms with E-state index in [0.717, 1.165) is 12.1 Å². The molecule has 0 saturated heterocycles. The summed E-state index contributed by atoms with van der Waals surface area (Å²) in [6, 6.07) is 7.06. The van der Waals surface area contributed by atoms with Crippen LogP contribution in [0.15, 0.2) is 24.3 Å². The summed E-state index contributed by atoms with van der Waals surface area (Å²) in [5.41, 5.74) is 12.1.